The van der Waals surface area contributed by atoms with E-state index < -0.39 is 5.60 Å². The van der Waals surface area contributed by atoms with E-state index in [4.69, 9.17) is 4.74 Å². The molecule has 0 radical (unpaired) electrons. The summed E-state index contributed by atoms with van der Waals surface area (Å²) in [5, 5.41) is 0.0984. The van der Waals surface area contributed by atoms with Crippen LogP contribution < -0.4 is 0 Å². The fourth-order valence-corrected chi connectivity index (χ4v) is 2.84. The van der Waals surface area contributed by atoms with Crippen LogP contribution in [0.25, 0.3) is 0 Å². The average Bonchev–Trinajstić information content (AvgIpc) is 2.42. The Labute approximate surface area is 108 Å². The lowest BCUT2D eigenvalue weighted by Crippen LogP contribution is -2.32. The highest BCUT2D eigenvalue weighted by atomic mass is 32.2. The van der Waals surface area contributed by atoms with Crippen molar-refractivity contribution in [2.24, 2.45) is 5.41 Å². The molecule has 0 aromatic rings. The molecule has 0 N–H and O–H groups in total. The fourth-order valence-electron chi connectivity index (χ4n) is 1.70. The zero-order chi connectivity index (χ0) is 13.3. The van der Waals surface area contributed by atoms with Crippen molar-refractivity contribution < 1.29 is 9.53 Å². The number of carbonyl (C=O) groups is 1. The lowest BCUT2D eigenvalue weighted by molar-refractivity contribution is -0.127. The van der Waals surface area contributed by atoms with Crippen molar-refractivity contribution in [2.45, 2.75) is 52.6 Å². The number of allylic oxidation sites excluding steroid dienone is 3. The first-order valence-corrected chi connectivity index (χ1v) is 6.78. The van der Waals surface area contributed by atoms with E-state index in [9.17, 15) is 4.79 Å². The van der Waals surface area contributed by atoms with Crippen LogP contribution in [0.4, 0.5) is 0 Å². The van der Waals surface area contributed by atoms with Crippen LogP contribution in [0.2, 0.25) is 0 Å². The van der Waals surface area contributed by atoms with Crippen LogP contribution in [0, 0.1) is 5.41 Å². The molecule has 1 rings (SSSR count). The van der Waals surface area contributed by atoms with Crippen LogP contribution in [-0.4, -0.2) is 16.2 Å². The molecule has 0 aromatic carbocycles. The quantitative estimate of drug-likeness (QED) is 0.698. The summed E-state index contributed by atoms with van der Waals surface area (Å²) >= 11 is 1.31. The van der Waals surface area contributed by atoms with Gasteiger partial charge in [-0.2, -0.15) is 0 Å². The smallest absolute Gasteiger partial charge is 0.227 e. The minimum Gasteiger partial charge on any atom is -0.348 e. The molecule has 0 saturated carbocycles. The number of hydrogen-bond acceptors (Lipinski definition) is 3. The summed E-state index contributed by atoms with van der Waals surface area (Å²) in [7, 11) is 0. The van der Waals surface area contributed by atoms with E-state index in [-0.39, 0.29) is 16.0 Å². The standard InChI is InChI=1S/C14H22O2S/c1-7-8-10(2)9-14(6)11(15)17-12(16-14)13(3,4)5/h7-9,12H,1-6H3/b8-7+,10-9+. The highest BCUT2D eigenvalue weighted by Crippen LogP contribution is 2.44. The van der Waals surface area contributed by atoms with Crippen molar-refractivity contribution in [3.63, 3.8) is 0 Å². The van der Waals surface area contributed by atoms with E-state index in [2.05, 4.69) is 20.8 Å². The Hall–Kier alpha value is -0.540. The molecular weight excluding hydrogens is 232 g/mol. The Kier molecular flexibility index (Phi) is 4.26. The second-order valence-corrected chi connectivity index (χ2v) is 6.75. The summed E-state index contributed by atoms with van der Waals surface area (Å²) in [6.07, 6.45) is 5.86. The predicted octanol–water partition coefficient (Wildman–Crippen LogP) is 3.93. The minimum absolute atomic E-state index is 0.0274. The van der Waals surface area contributed by atoms with Crippen molar-refractivity contribution in [2.75, 3.05) is 0 Å². The molecule has 1 fully saturated rings. The van der Waals surface area contributed by atoms with Gasteiger partial charge in [-0.25, -0.2) is 0 Å². The van der Waals surface area contributed by atoms with Crippen molar-refractivity contribution in [3.8, 4) is 0 Å². The summed E-state index contributed by atoms with van der Waals surface area (Å²) in [5.41, 5.74) is 0.167. The van der Waals surface area contributed by atoms with Crippen molar-refractivity contribution >= 4 is 16.9 Å². The molecule has 0 aliphatic carbocycles. The maximum absolute atomic E-state index is 12.1. The van der Waals surface area contributed by atoms with E-state index >= 15 is 0 Å². The lowest BCUT2D eigenvalue weighted by Gasteiger charge is -2.27. The molecule has 17 heavy (non-hydrogen) atoms. The topological polar surface area (TPSA) is 26.3 Å². The number of carbonyl (C=O) groups excluding carboxylic acids is 1. The molecule has 0 bridgehead atoms. The van der Waals surface area contributed by atoms with Gasteiger partial charge in [-0.15, -0.1) is 0 Å². The molecule has 2 nitrogen and oxygen atoms in total. The molecule has 1 aliphatic rings. The van der Waals surface area contributed by atoms with Crippen LogP contribution in [-0.2, 0) is 9.53 Å². The Morgan fingerprint density at radius 2 is 2.06 bits per heavy atom. The van der Waals surface area contributed by atoms with Crippen molar-refractivity contribution in [1.29, 1.82) is 0 Å². The van der Waals surface area contributed by atoms with E-state index in [1.54, 1.807) is 0 Å². The Balaban J connectivity index is 2.93. The molecule has 0 aromatic heterocycles. The molecular formula is C14H22O2S. The van der Waals surface area contributed by atoms with E-state index in [1.807, 2.05) is 39.0 Å². The third kappa shape index (κ3) is 3.46. The Bertz CT molecular complexity index is 363. The SMILES string of the molecule is C/C=C/C(C)=C/C1(C)OC(C(C)(C)C)SC1=O. The first-order chi connectivity index (χ1) is 7.69. The Morgan fingerprint density at radius 3 is 2.47 bits per heavy atom. The number of ether oxygens (including phenoxy) is 1. The van der Waals surface area contributed by atoms with Crippen molar-refractivity contribution in [1.82, 2.24) is 0 Å². The first-order valence-electron chi connectivity index (χ1n) is 5.90. The Morgan fingerprint density at radius 1 is 1.47 bits per heavy atom. The lowest BCUT2D eigenvalue weighted by atomic mass is 9.97. The molecule has 2 atom stereocenters. The van der Waals surface area contributed by atoms with Crippen LogP contribution in [0.15, 0.2) is 23.8 Å². The minimum atomic E-state index is -0.786. The zero-order valence-corrected chi connectivity index (χ0v) is 12.4. The molecule has 1 aliphatic heterocycles. The van der Waals surface area contributed by atoms with Crippen LogP contribution >= 0.6 is 11.8 Å². The molecule has 3 heteroatoms. The van der Waals surface area contributed by atoms with Gasteiger partial charge in [0, 0.05) is 0 Å². The largest absolute Gasteiger partial charge is 0.348 e. The first kappa shape index (κ1) is 14.5. The monoisotopic (exact) mass is 254 g/mol. The molecule has 0 spiro atoms. The second-order valence-electron chi connectivity index (χ2n) is 5.72. The van der Waals surface area contributed by atoms with E-state index in [0.717, 1.165) is 5.57 Å². The third-order valence-corrected chi connectivity index (χ3v) is 4.25. The second kappa shape index (κ2) is 4.99. The van der Waals surface area contributed by atoms with Crippen molar-refractivity contribution in [3.05, 3.63) is 23.8 Å². The van der Waals surface area contributed by atoms with Crippen LogP contribution in [0.3, 0.4) is 0 Å². The van der Waals surface area contributed by atoms with Gasteiger partial charge in [-0.3, -0.25) is 4.79 Å². The normalized spacial score (nSPS) is 31.5. The van der Waals surface area contributed by atoms with Gasteiger partial charge in [0.25, 0.3) is 0 Å². The highest BCUT2D eigenvalue weighted by molar-refractivity contribution is 8.14. The van der Waals surface area contributed by atoms with Gasteiger partial charge in [0.2, 0.25) is 5.12 Å². The third-order valence-electron chi connectivity index (χ3n) is 2.61. The number of rotatable bonds is 2. The van der Waals surface area contributed by atoms with Gasteiger partial charge in [0.05, 0.1) is 0 Å². The molecule has 1 saturated heterocycles. The predicted molar refractivity (Wildman–Crippen MR) is 73.9 cm³/mol. The molecule has 1 heterocycles. The van der Waals surface area contributed by atoms with Gasteiger partial charge >= 0.3 is 0 Å². The summed E-state index contributed by atoms with van der Waals surface area (Å²) in [4.78, 5) is 12.1. The van der Waals surface area contributed by atoms with Gasteiger partial charge < -0.3 is 4.74 Å². The molecule has 0 amide bonds. The fraction of sp³-hybridized carbons (Fsp3) is 0.643. The average molecular weight is 254 g/mol. The van der Waals surface area contributed by atoms with Gasteiger partial charge in [-0.1, -0.05) is 50.3 Å². The van der Waals surface area contributed by atoms with Crippen LogP contribution in [0.1, 0.15) is 41.5 Å². The van der Waals surface area contributed by atoms with Crippen LogP contribution in [0.5, 0.6) is 0 Å². The summed E-state index contributed by atoms with van der Waals surface area (Å²) in [6, 6.07) is 0. The van der Waals surface area contributed by atoms with Gasteiger partial charge in [0.1, 0.15) is 5.44 Å². The maximum Gasteiger partial charge on any atom is 0.227 e. The van der Waals surface area contributed by atoms with E-state index in [0.29, 0.717) is 0 Å². The van der Waals surface area contributed by atoms with Gasteiger partial charge in [0.15, 0.2) is 5.60 Å². The number of hydrogen-bond donors (Lipinski definition) is 0. The summed E-state index contributed by atoms with van der Waals surface area (Å²) in [5.74, 6) is 0. The number of thioether (sulfide) groups is 1. The summed E-state index contributed by atoms with van der Waals surface area (Å²) in [6.45, 7) is 12.1. The summed E-state index contributed by atoms with van der Waals surface area (Å²) < 4.78 is 5.95. The van der Waals surface area contributed by atoms with E-state index in [1.165, 1.54) is 11.8 Å². The zero-order valence-electron chi connectivity index (χ0n) is 11.5. The molecule has 2 unspecified atom stereocenters. The highest BCUT2D eigenvalue weighted by Gasteiger charge is 2.47. The molecule has 96 valence electrons. The van der Waals surface area contributed by atoms with Gasteiger partial charge in [-0.05, 0) is 32.3 Å². The maximum atomic E-state index is 12.1.